The minimum Gasteiger partial charge on any atom is -0.391 e. The Labute approximate surface area is 341 Å². The highest BCUT2D eigenvalue weighted by atomic mass is 32.2. The SMILES string of the molecule is CCCCC/C=C\C=C/CCCCCCCCCCCC(O)C(=O)NC(CS(=O)(=O)O)C(O)CCCCCCCCCCCCCCCCCCCCCC. The molecule has 1 amide bonds. The van der Waals surface area contributed by atoms with Crippen LogP contribution >= 0.6 is 0 Å². The summed E-state index contributed by atoms with van der Waals surface area (Å²) in [5.41, 5.74) is 0. The lowest BCUT2D eigenvalue weighted by atomic mass is 10.0. The number of carbonyl (C=O) groups is 1. The fourth-order valence-corrected chi connectivity index (χ4v) is 8.15. The van der Waals surface area contributed by atoms with Gasteiger partial charge in [0.2, 0.25) is 5.91 Å². The normalized spacial score (nSPS) is 13.9. The number of hydrogen-bond acceptors (Lipinski definition) is 5. The molecule has 0 bridgehead atoms. The molecule has 4 N–H and O–H groups in total. The van der Waals surface area contributed by atoms with Crippen LogP contribution in [-0.4, -0.2) is 53.1 Å². The third kappa shape index (κ3) is 40.8. The number of unbranched alkanes of at least 4 members (excludes halogenated alkanes) is 31. The molecule has 0 aromatic rings. The summed E-state index contributed by atoms with van der Waals surface area (Å²) in [6, 6.07) is -1.15. The largest absolute Gasteiger partial charge is 0.391 e. The van der Waals surface area contributed by atoms with E-state index in [0.717, 1.165) is 51.4 Å². The van der Waals surface area contributed by atoms with E-state index >= 15 is 0 Å². The molecule has 326 valence electrons. The number of nitrogens with one attached hydrogen (secondary N) is 1. The Morgan fingerprint density at radius 1 is 0.491 bits per heavy atom. The Kier molecular flexibility index (Phi) is 40.0. The van der Waals surface area contributed by atoms with E-state index in [1.807, 2.05) is 0 Å². The van der Waals surface area contributed by atoms with Crippen LogP contribution in [0.4, 0.5) is 0 Å². The van der Waals surface area contributed by atoms with Gasteiger partial charge >= 0.3 is 0 Å². The van der Waals surface area contributed by atoms with Crippen molar-refractivity contribution in [3.8, 4) is 0 Å². The topological polar surface area (TPSA) is 124 Å². The van der Waals surface area contributed by atoms with Crippen LogP contribution in [0.5, 0.6) is 0 Å². The maximum atomic E-state index is 12.7. The highest BCUT2D eigenvalue weighted by molar-refractivity contribution is 7.85. The zero-order valence-corrected chi connectivity index (χ0v) is 37.0. The molecule has 0 heterocycles. The summed E-state index contributed by atoms with van der Waals surface area (Å²) in [5.74, 6) is -1.45. The van der Waals surface area contributed by atoms with E-state index in [0.29, 0.717) is 19.3 Å². The van der Waals surface area contributed by atoms with E-state index in [1.165, 1.54) is 161 Å². The molecule has 0 aromatic heterocycles. The Morgan fingerprint density at radius 2 is 0.800 bits per heavy atom. The predicted molar refractivity (Wildman–Crippen MR) is 236 cm³/mol. The van der Waals surface area contributed by atoms with Gasteiger partial charge < -0.3 is 15.5 Å². The highest BCUT2D eigenvalue weighted by Crippen LogP contribution is 2.17. The minimum atomic E-state index is -4.41. The van der Waals surface area contributed by atoms with Gasteiger partial charge in [0.1, 0.15) is 6.10 Å². The predicted octanol–water partition coefficient (Wildman–Crippen LogP) is 13.3. The van der Waals surface area contributed by atoms with Gasteiger partial charge in [0.05, 0.1) is 17.9 Å². The molecule has 0 spiro atoms. The summed E-state index contributed by atoms with van der Waals surface area (Å²) < 4.78 is 32.7. The van der Waals surface area contributed by atoms with Crippen molar-refractivity contribution < 1.29 is 28.0 Å². The fraction of sp³-hybridized carbons (Fsp3) is 0.894. The summed E-state index contributed by atoms with van der Waals surface area (Å²) >= 11 is 0. The van der Waals surface area contributed by atoms with Crippen molar-refractivity contribution in [2.45, 2.75) is 263 Å². The summed E-state index contributed by atoms with van der Waals surface area (Å²) in [6.07, 6.45) is 49.1. The summed E-state index contributed by atoms with van der Waals surface area (Å²) in [5, 5.41) is 23.6. The van der Waals surface area contributed by atoms with Gasteiger partial charge in [0, 0.05) is 0 Å². The van der Waals surface area contributed by atoms with Crippen molar-refractivity contribution in [3.05, 3.63) is 24.3 Å². The van der Waals surface area contributed by atoms with Crippen LogP contribution in [0.25, 0.3) is 0 Å². The molecule has 0 rings (SSSR count). The quantitative estimate of drug-likeness (QED) is 0.0277. The number of amides is 1. The van der Waals surface area contributed by atoms with E-state index < -0.39 is 40.0 Å². The summed E-state index contributed by atoms with van der Waals surface area (Å²) in [4.78, 5) is 12.7. The first kappa shape index (κ1) is 53.8. The zero-order chi connectivity index (χ0) is 40.5. The number of carbonyl (C=O) groups excluding carboxylic acids is 1. The first-order valence-corrected chi connectivity index (χ1v) is 25.3. The molecule has 55 heavy (non-hydrogen) atoms. The Hall–Kier alpha value is -1.22. The first-order valence-electron chi connectivity index (χ1n) is 23.6. The van der Waals surface area contributed by atoms with Gasteiger partial charge in [-0.3, -0.25) is 9.35 Å². The van der Waals surface area contributed by atoms with Gasteiger partial charge in [-0.2, -0.15) is 8.42 Å². The number of allylic oxidation sites excluding steroid dienone is 4. The molecule has 0 saturated carbocycles. The molecule has 3 atom stereocenters. The second kappa shape index (κ2) is 41.0. The van der Waals surface area contributed by atoms with Crippen molar-refractivity contribution >= 4 is 16.0 Å². The van der Waals surface area contributed by atoms with Gasteiger partial charge in [-0.05, 0) is 38.5 Å². The number of hydrogen-bond donors (Lipinski definition) is 4. The molecule has 0 fully saturated rings. The van der Waals surface area contributed by atoms with Gasteiger partial charge in [-0.15, -0.1) is 0 Å². The fourth-order valence-electron chi connectivity index (χ4n) is 7.39. The highest BCUT2D eigenvalue weighted by Gasteiger charge is 2.28. The molecule has 0 saturated heterocycles. The third-order valence-corrected chi connectivity index (χ3v) is 11.8. The molecule has 0 radical (unpaired) electrons. The van der Waals surface area contributed by atoms with Crippen LogP contribution in [0.15, 0.2) is 24.3 Å². The van der Waals surface area contributed by atoms with E-state index in [4.69, 9.17) is 0 Å². The molecule has 7 nitrogen and oxygen atoms in total. The average molecular weight is 798 g/mol. The standard InChI is InChI=1S/C47H91NO6S/c1-3-5-7-9-11-13-15-17-19-21-23-24-26-27-29-31-33-35-37-39-41-45(49)44(43-55(52,53)54)48-47(51)46(50)42-40-38-36-34-32-30-28-25-22-20-18-16-14-12-10-8-6-4-2/h12,14,16,18,44-46,49-50H,3-11,13,15,17,19-43H2,1-2H3,(H,48,51)(H,52,53,54)/b14-12-,18-16-. The molecule has 0 aliphatic rings. The number of rotatable bonds is 43. The Balaban J connectivity index is 3.89. The molecular weight excluding hydrogens is 707 g/mol. The smallest absolute Gasteiger partial charge is 0.266 e. The van der Waals surface area contributed by atoms with Gasteiger partial charge in [-0.1, -0.05) is 231 Å². The maximum Gasteiger partial charge on any atom is 0.266 e. The molecule has 8 heteroatoms. The van der Waals surface area contributed by atoms with Crippen LogP contribution in [0.2, 0.25) is 0 Å². The lowest BCUT2D eigenvalue weighted by Gasteiger charge is -2.24. The second-order valence-electron chi connectivity index (χ2n) is 16.6. The van der Waals surface area contributed by atoms with Gasteiger partial charge in [0.25, 0.3) is 10.1 Å². The molecule has 0 aliphatic carbocycles. The van der Waals surface area contributed by atoms with Crippen LogP contribution in [0.3, 0.4) is 0 Å². The van der Waals surface area contributed by atoms with E-state index in [1.54, 1.807) is 0 Å². The first-order chi connectivity index (χ1) is 26.7. The molecule has 3 unspecified atom stereocenters. The Bertz CT molecular complexity index is 984. The molecule has 0 aromatic carbocycles. The number of aliphatic hydroxyl groups excluding tert-OH is 2. The minimum absolute atomic E-state index is 0.293. The summed E-state index contributed by atoms with van der Waals surface area (Å²) in [6.45, 7) is 4.51. The van der Waals surface area contributed by atoms with E-state index in [2.05, 4.69) is 43.5 Å². The lowest BCUT2D eigenvalue weighted by molar-refractivity contribution is -0.131. The number of aliphatic hydroxyl groups is 2. The zero-order valence-electron chi connectivity index (χ0n) is 36.2. The maximum absolute atomic E-state index is 12.7. The van der Waals surface area contributed by atoms with Gasteiger partial charge in [0.15, 0.2) is 0 Å². The Morgan fingerprint density at radius 3 is 1.18 bits per heavy atom. The van der Waals surface area contributed by atoms with Crippen molar-refractivity contribution in [3.63, 3.8) is 0 Å². The van der Waals surface area contributed by atoms with Crippen LogP contribution in [0.1, 0.15) is 245 Å². The monoisotopic (exact) mass is 798 g/mol. The van der Waals surface area contributed by atoms with Crippen LogP contribution in [-0.2, 0) is 14.9 Å². The van der Waals surface area contributed by atoms with Crippen molar-refractivity contribution in [2.24, 2.45) is 0 Å². The van der Waals surface area contributed by atoms with E-state index in [-0.39, 0.29) is 0 Å². The molecule has 0 aliphatic heterocycles. The third-order valence-electron chi connectivity index (χ3n) is 11.0. The second-order valence-corrected chi connectivity index (χ2v) is 18.1. The van der Waals surface area contributed by atoms with Gasteiger partial charge in [-0.25, -0.2) is 0 Å². The van der Waals surface area contributed by atoms with Crippen molar-refractivity contribution in [1.29, 1.82) is 0 Å². The molecular formula is C47H91NO6S. The lowest BCUT2D eigenvalue weighted by Crippen LogP contribution is -2.50. The van der Waals surface area contributed by atoms with Crippen molar-refractivity contribution in [1.82, 2.24) is 5.32 Å². The van der Waals surface area contributed by atoms with Crippen LogP contribution < -0.4 is 5.32 Å². The summed E-state index contributed by atoms with van der Waals surface area (Å²) in [7, 11) is -4.41. The van der Waals surface area contributed by atoms with Crippen molar-refractivity contribution in [2.75, 3.05) is 5.75 Å². The average Bonchev–Trinajstić information content (AvgIpc) is 3.15. The van der Waals surface area contributed by atoms with E-state index in [9.17, 15) is 28.0 Å². The van der Waals surface area contributed by atoms with Crippen LogP contribution in [0, 0.1) is 0 Å².